The number of esters is 1. The van der Waals surface area contributed by atoms with Crippen molar-refractivity contribution in [3.8, 4) is 11.3 Å². The fourth-order valence-electron chi connectivity index (χ4n) is 3.95. The molecule has 1 aliphatic carbocycles. The largest absolute Gasteiger partial charge is 0.462 e. The summed E-state index contributed by atoms with van der Waals surface area (Å²) in [5, 5.41) is 11.0. The molecule has 0 radical (unpaired) electrons. The maximum absolute atomic E-state index is 13.1. The second-order valence-electron chi connectivity index (χ2n) is 8.20. The molecule has 0 spiro atoms. The van der Waals surface area contributed by atoms with Crippen molar-refractivity contribution in [3.63, 3.8) is 0 Å². The number of alkyl halides is 2. The number of carbonyl (C=O) groups is 2. The van der Waals surface area contributed by atoms with Gasteiger partial charge in [-0.05, 0) is 44.0 Å². The van der Waals surface area contributed by atoms with Gasteiger partial charge >= 0.3 is 5.97 Å². The van der Waals surface area contributed by atoms with E-state index in [4.69, 9.17) is 4.74 Å². The molecule has 0 bridgehead atoms. The Morgan fingerprint density at radius 3 is 2.80 bits per heavy atom. The summed E-state index contributed by atoms with van der Waals surface area (Å²) in [5.74, 6) is -0.710. The first-order valence-electron chi connectivity index (χ1n) is 11.2. The molecule has 1 aliphatic rings. The lowest BCUT2D eigenvalue weighted by Crippen LogP contribution is -2.21. The van der Waals surface area contributed by atoms with E-state index >= 15 is 0 Å². The van der Waals surface area contributed by atoms with Gasteiger partial charge in [0.1, 0.15) is 17.8 Å². The van der Waals surface area contributed by atoms with Gasteiger partial charge in [0.15, 0.2) is 5.65 Å². The Balaban J connectivity index is 1.37. The molecule has 3 aromatic heterocycles. The van der Waals surface area contributed by atoms with Crippen LogP contribution in [0.2, 0.25) is 0 Å². The first kappa shape index (κ1) is 22.6. The number of aromatic nitrogens is 5. The van der Waals surface area contributed by atoms with E-state index < -0.39 is 12.4 Å². The minimum absolute atomic E-state index is 0.162. The standard InChI is InChI=1S/C24H22F2N6O3/c1-2-35-24(34)17-12-28-32-19(8-9-27-23(17)32)15-4-3-5-16(10-15)29-21(33)13-31-20(14-6-7-14)11-18(30-31)22(25)26/h3-5,8-12,14,22H,2,6-7,13H2,1H3,(H,29,33). The van der Waals surface area contributed by atoms with Crippen LogP contribution in [-0.2, 0) is 16.1 Å². The van der Waals surface area contributed by atoms with Crippen LogP contribution < -0.4 is 5.32 Å². The summed E-state index contributed by atoms with van der Waals surface area (Å²) < 4.78 is 34.2. The second kappa shape index (κ2) is 9.24. The predicted molar refractivity (Wildman–Crippen MR) is 122 cm³/mol. The molecule has 1 N–H and O–H groups in total. The molecule has 35 heavy (non-hydrogen) atoms. The van der Waals surface area contributed by atoms with E-state index in [1.165, 1.54) is 21.5 Å². The van der Waals surface area contributed by atoms with Gasteiger partial charge in [0.05, 0.1) is 18.5 Å². The molecular formula is C24H22F2N6O3. The number of amides is 1. The highest BCUT2D eigenvalue weighted by molar-refractivity contribution is 5.96. The predicted octanol–water partition coefficient (Wildman–Crippen LogP) is 4.22. The van der Waals surface area contributed by atoms with Crippen LogP contribution in [0.25, 0.3) is 16.9 Å². The van der Waals surface area contributed by atoms with Gasteiger partial charge in [-0.15, -0.1) is 0 Å². The number of hydrogen-bond donors (Lipinski definition) is 1. The SMILES string of the molecule is CCOC(=O)c1cnn2c(-c3cccc(NC(=O)Cn4nc(C(F)F)cc4C4CC4)c3)ccnc12. The Morgan fingerprint density at radius 1 is 1.23 bits per heavy atom. The summed E-state index contributed by atoms with van der Waals surface area (Å²) >= 11 is 0. The van der Waals surface area contributed by atoms with Crippen LogP contribution >= 0.6 is 0 Å². The Labute approximate surface area is 198 Å². The van der Waals surface area contributed by atoms with Gasteiger partial charge in [0.2, 0.25) is 5.91 Å². The van der Waals surface area contributed by atoms with Crippen LogP contribution in [0.1, 0.15) is 53.9 Å². The lowest BCUT2D eigenvalue weighted by Gasteiger charge is -2.10. The maximum atomic E-state index is 13.1. The maximum Gasteiger partial charge on any atom is 0.343 e. The quantitative estimate of drug-likeness (QED) is 0.379. The molecule has 1 aromatic carbocycles. The third-order valence-electron chi connectivity index (χ3n) is 5.68. The zero-order valence-electron chi connectivity index (χ0n) is 18.8. The van der Waals surface area contributed by atoms with Crippen LogP contribution in [0.3, 0.4) is 0 Å². The van der Waals surface area contributed by atoms with Crippen LogP contribution in [0, 0.1) is 0 Å². The number of anilines is 1. The molecule has 1 saturated carbocycles. The number of halogens is 2. The molecule has 3 heterocycles. The highest BCUT2D eigenvalue weighted by atomic mass is 19.3. The first-order chi connectivity index (χ1) is 16.9. The van der Waals surface area contributed by atoms with Gasteiger partial charge < -0.3 is 10.1 Å². The summed E-state index contributed by atoms with van der Waals surface area (Å²) in [4.78, 5) is 29.2. The van der Waals surface area contributed by atoms with Crippen molar-refractivity contribution < 1.29 is 23.1 Å². The summed E-state index contributed by atoms with van der Waals surface area (Å²) in [6, 6.07) is 10.2. The van der Waals surface area contributed by atoms with Crippen molar-refractivity contribution in [1.29, 1.82) is 0 Å². The molecule has 0 saturated heterocycles. The molecule has 0 unspecified atom stereocenters. The molecule has 180 valence electrons. The first-order valence-corrected chi connectivity index (χ1v) is 11.2. The van der Waals surface area contributed by atoms with Crippen molar-refractivity contribution in [3.05, 3.63) is 65.7 Å². The fourth-order valence-corrected chi connectivity index (χ4v) is 3.95. The molecule has 0 atom stereocenters. The zero-order valence-corrected chi connectivity index (χ0v) is 18.8. The lowest BCUT2D eigenvalue weighted by atomic mass is 10.1. The van der Waals surface area contributed by atoms with Crippen LogP contribution in [0.5, 0.6) is 0 Å². The van der Waals surface area contributed by atoms with Gasteiger partial charge in [0.25, 0.3) is 6.43 Å². The number of hydrogen-bond acceptors (Lipinski definition) is 6. The monoisotopic (exact) mass is 480 g/mol. The Morgan fingerprint density at radius 2 is 2.06 bits per heavy atom. The molecule has 4 aromatic rings. The van der Waals surface area contributed by atoms with Crippen LogP contribution in [0.15, 0.2) is 48.8 Å². The normalized spacial score (nSPS) is 13.4. The Hall–Kier alpha value is -4.15. The van der Waals surface area contributed by atoms with Crippen molar-refractivity contribution in [2.45, 2.75) is 38.7 Å². The molecule has 9 nitrogen and oxygen atoms in total. The molecular weight excluding hydrogens is 458 g/mol. The summed E-state index contributed by atoms with van der Waals surface area (Å²) in [7, 11) is 0. The number of carbonyl (C=O) groups excluding carboxylic acids is 2. The second-order valence-corrected chi connectivity index (χ2v) is 8.20. The van der Waals surface area contributed by atoms with E-state index in [-0.39, 0.29) is 36.2 Å². The number of benzene rings is 1. The molecule has 1 fully saturated rings. The van der Waals surface area contributed by atoms with Crippen molar-refractivity contribution in [2.24, 2.45) is 0 Å². The number of ether oxygens (including phenoxy) is 1. The molecule has 1 amide bonds. The average Bonchev–Trinajstić information content (AvgIpc) is 3.44. The van der Waals surface area contributed by atoms with Crippen LogP contribution in [0.4, 0.5) is 14.5 Å². The average molecular weight is 480 g/mol. The summed E-state index contributed by atoms with van der Waals surface area (Å²) in [5.41, 5.74) is 2.87. The van der Waals surface area contributed by atoms with E-state index in [2.05, 4.69) is 20.5 Å². The molecule has 11 heteroatoms. The van der Waals surface area contributed by atoms with E-state index in [1.54, 1.807) is 37.4 Å². The van der Waals surface area contributed by atoms with Gasteiger partial charge in [-0.3, -0.25) is 9.48 Å². The van der Waals surface area contributed by atoms with E-state index in [0.29, 0.717) is 22.7 Å². The number of fused-ring (bicyclic) bond motifs is 1. The topological polar surface area (TPSA) is 103 Å². The van der Waals surface area contributed by atoms with Crippen molar-refractivity contribution >= 4 is 23.2 Å². The Kier molecular flexibility index (Phi) is 5.98. The highest BCUT2D eigenvalue weighted by Gasteiger charge is 2.30. The van der Waals surface area contributed by atoms with Crippen molar-refractivity contribution in [1.82, 2.24) is 24.4 Å². The smallest absolute Gasteiger partial charge is 0.343 e. The van der Waals surface area contributed by atoms with E-state index in [0.717, 1.165) is 18.4 Å². The molecule has 5 rings (SSSR count). The van der Waals surface area contributed by atoms with Crippen LogP contribution in [-0.4, -0.2) is 42.9 Å². The van der Waals surface area contributed by atoms with Gasteiger partial charge in [0, 0.05) is 29.1 Å². The van der Waals surface area contributed by atoms with Gasteiger partial charge in [-0.25, -0.2) is 23.1 Å². The third kappa shape index (κ3) is 4.61. The number of nitrogens with one attached hydrogen (secondary N) is 1. The molecule has 0 aliphatic heterocycles. The minimum atomic E-state index is -2.68. The lowest BCUT2D eigenvalue weighted by molar-refractivity contribution is -0.117. The summed E-state index contributed by atoms with van der Waals surface area (Å²) in [6.07, 6.45) is 2.10. The van der Waals surface area contributed by atoms with Gasteiger partial charge in [-0.2, -0.15) is 10.2 Å². The van der Waals surface area contributed by atoms with E-state index in [9.17, 15) is 18.4 Å². The summed E-state index contributed by atoms with van der Waals surface area (Å²) in [6.45, 7) is 1.80. The van der Waals surface area contributed by atoms with Gasteiger partial charge in [-0.1, -0.05) is 12.1 Å². The zero-order chi connectivity index (χ0) is 24.5. The minimum Gasteiger partial charge on any atom is -0.462 e. The van der Waals surface area contributed by atoms with E-state index in [1.807, 2.05) is 6.07 Å². The third-order valence-corrected chi connectivity index (χ3v) is 5.68. The highest BCUT2D eigenvalue weighted by Crippen LogP contribution is 2.41. The number of nitrogens with zero attached hydrogens (tertiary/aromatic N) is 5. The number of rotatable bonds is 8. The fraction of sp³-hybridized carbons (Fsp3) is 0.292. The van der Waals surface area contributed by atoms with Crippen molar-refractivity contribution in [2.75, 3.05) is 11.9 Å². The Bertz CT molecular complexity index is 1410.